The minimum atomic E-state index is -0.551. The predicted octanol–water partition coefficient (Wildman–Crippen LogP) is 1.46. The summed E-state index contributed by atoms with van der Waals surface area (Å²) in [5, 5.41) is 12.6. The lowest BCUT2D eigenvalue weighted by atomic mass is 10.2. The number of nitrogens with two attached hydrogens (primary N) is 1. The molecule has 0 bridgehead atoms. The number of nitrogens with zero attached hydrogens (tertiary/aromatic N) is 2. The van der Waals surface area contributed by atoms with Crippen LogP contribution >= 0.6 is 11.3 Å². The molecule has 2 rings (SSSR count). The zero-order chi connectivity index (χ0) is 16.8. The van der Waals surface area contributed by atoms with Gasteiger partial charge in [-0.3, -0.25) is 9.59 Å². The Hall–Kier alpha value is -2.48. The normalized spacial score (nSPS) is 10.6. The van der Waals surface area contributed by atoms with Crippen LogP contribution in [-0.4, -0.2) is 28.6 Å². The van der Waals surface area contributed by atoms with E-state index in [-0.39, 0.29) is 12.5 Å². The Morgan fingerprint density at radius 1 is 1.26 bits per heavy atom. The monoisotopic (exact) mass is 334 g/mol. The molecule has 23 heavy (non-hydrogen) atoms. The molecule has 0 spiro atoms. The second kappa shape index (κ2) is 7.68. The summed E-state index contributed by atoms with van der Waals surface area (Å²) < 4.78 is 5.13. The van der Waals surface area contributed by atoms with Gasteiger partial charge in [-0.05, 0) is 24.3 Å². The van der Waals surface area contributed by atoms with Gasteiger partial charge in [-0.2, -0.15) is 0 Å². The Balaban J connectivity index is 1.88. The predicted molar refractivity (Wildman–Crippen MR) is 86.3 cm³/mol. The van der Waals surface area contributed by atoms with Crippen molar-refractivity contribution in [1.29, 1.82) is 0 Å². The SMILES string of the molecule is CC(C)c1nnc(CNC(=O)c2ccc(OCC(N)=O)cc2)s1. The summed E-state index contributed by atoms with van der Waals surface area (Å²) in [5.41, 5.74) is 5.49. The summed E-state index contributed by atoms with van der Waals surface area (Å²) in [6.07, 6.45) is 0. The lowest BCUT2D eigenvalue weighted by Crippen LogP contribution is -2.22. The first-order valence-corrected chi connectivity index (χ1v) is 7.89. The first-order valence-electron chi connectivity index (χ1n) is 7.07. The van der Waals surface area contributed by atoms with Gasteiger partial charge in [0, 0.05) is 11.5 Å². The largest absolute Gasteiger partial charge is 0.484 e. The van der Waals surface area contributed by atoms with E-state index >= 15 is 0 Å². The number of aromatic nitrogens is 2. The van der Waals surface area contributed by atoms with Crippen LogP contribution in [-0.2, 0) is 11.3 Å². The maximum absolute atomic E-state index is 12.1. The third-order valence-electron chi connectivity index (χ3n) is 2.87. The summed E-state index contributed by atoms with van der Waals surface area (Å²) in [5.74, 6) is 0.0355. The number of rotatable bonds is 7. The molecule has 0 atom stereocenters. The van der Waals surface area contributed by atoms with E-state index in [1.165, 1.54) is 11.3 Å². The van der Waals surface area contributed by atoms with Crippen molar-refractivity contribution in [2.75, 3.05) is 6.61 Å². The minimum absolute atomic E-state index is 0.194. The van der Waals surface area contributed by atoms with Gasteiger partial charge in [0.05, 0.1) is 6.54 Å². The number of primary amides is 1. The molecule has 2 aromatic rings. The Bertz CT molecular complexity index is 682. The number of nitrogens with one attached hydrogen (secondary N) is 1. The summed E-state index contributed by atoms with van der Waals surface area (Å²) in [7, 11) is 0. The average Bonchev–Trinajstić information content (AvgIpc) is 3.00. The van der Waals surface area contributed by atoms with Crippen LogP contribution in [0.25, 0.3) is 0 Å². The van der Waals surface area contributed by atoms with Crippen LogP contribution in [0.3, 0.4) is 0 Å². The number of ether oxygens (including phenoxy) is 1. The number of benzene rings is 1. The van der Waals surface area contributed by atoms with Gasteiger partial charge in [0.25, 0.3) is 11.8 Å². The van der Waals surface area contributed by atoms with E-state index in [0.717, 1.165) is 10.0 Å². The second-order valence-corrected chi connectivity index (χ2v) is 6.24. The Kier molecular flexibility index (Phi) is 5.64. The van der Waals surface area contributed by atoms with Crippen molar-refractivity contribution in [1.82, 2.24) is 15.5 Å². The van der Waals surface area contributed by atoms with E-state index in [9.17, 15) is 9.59 Å². The molecule has 3 N–H and O–H groups in total. The maximum atomic E-state index is 12.1. The van der Waals surface area contributed by atoms with Gasteiger partial charge in [-0.15, -0.1) is 10.2 Å². The fourth-order valence-electron chi connectivity index (χ4n) is 1.69. The van der Waals surface area contributed by atoms with Gasteiger partial charge in [-0.25, -0.2) is 0 Å². The smallest absolute Gasteiger partial charge is 0.255 e. The van der Waals surface area contributed by atoms with Crippen LogP contribution in [0, 0.1) is 0 Å². The average molecular weight is 334 g/mol. The van der Waals surface area contributed by atoms with E-state index in [4.69, 9.17) is 10.5 Å². The van der Waals surface area contributed by atoms with Gasteiger partial charge >= 0.3 is 0 Å². The molecule has 1 heterocycles. The summed E-state index contributed by atoms with van der Waals surface area (Å²) >= 11 is 1.49. The quantitative estimate of drug-likeness (QED) is 0.797. The number of carbonyl (C=O) groups is 2. The van der Waals surface area contributed by atoms with Crippen molar-refractivity contribution in [3.63, 3.8) is 0 Å². The van der Waals surface area contributed by atoms with Crippen LogP contribution in [0.4, 0.5) is 0 Å². The van der Waals surface area contributed by atoms with Crippen molar-refractivity contribution in [3.8, 4) is 5.75 Å². The first-order chi connectivity index (χ1) is 11.0. The Labute approximate surface area is 137 Å². The van der Waals surface area contributed by atoms with Crippen LogP contribution < -0.4 is 15.8 Å². The molecule has 8 heteroatoms. The zero-order valence-corrected chi connectivity index (χ0v) is 13.7. The van der Waals surface area contributed by atoms with E-state index in [0.29, 0.717) is 23.8 Å². The maximum Gasteiger partial charge on any atom is 0.255 e. The zero-order valence-electron chi connectivity index (χ0n) is 12.9. The second-order valence-electron chi connectivity index (χ2n) is 5.15. The lowest BCUT2D eigenvalue weighted by Gasteiger charge is -2.06. The third-order valence-corrected chi connectivity index (χ3v) is 4.10. The first kappa shape index (κ1) is 16.9. The molecule has 0 aliphatic rings. The van der Waals surface area contributed by atoms with Crippen LogP contribution in [0.1, 0.15) is 40.1 Å². The van der Waals surface area contributed by atoms with E-state index in [1.54, 1.807) is 24.3 Å². The fourth-order valence-corrected chi connectivity index (χ4v) is 2.47. The number of hydrogen-bond donors (Lipinski definition) is 2. The molecule has 0 saturated heterocycles. The van der Waals surface area contributed by atoms with Gasteiger partial charge in [0.2, 0.25) is 0 Å². The molecule has 1 aromatic heterocycles. The summed E-state index contributed by atoms with van der Waals surface area (Å²) in [4.78, 5) is 22.7. The van der Waals surface area contributed by atoms with Crippen molar-refractivity contribution in [3.05, 3.63) is 39.8 Å². The number of carbonyl (C=O) groups excluding carboxylic acids is 2. The fraction of sp³-hybridized carbons (Fsp3) is 0.333. The lowest BCUT2D eigenvalue weighted by molar-refractivity contribution is -0.119. The molecule has 122 valence electrons. The van der Waals surface area contributed by atoms with Crippen molar-refractivity contribution in [2.45, 2.75) is 26.3 Å². The third kappa shape index (κ3) is 5.03. The van der Waals surface area contributed by atoms with Crippen molar-refractivity contribution in [2.24, 2.45) is 5.73 Å². The van der Waals surface area contributed by atoms with E-state index < -0.39 is 5.91 Å². The molecule has 1 aromatic carbocycles. The van der Waals surface area contributed by atoms with Crippen LogP contribution in [0.15, 0.2) is 24.3 Å². The number of amides is 2. The van der Waals surface area contributed by atoms with Crippen molar-refractivity contribution < 1.29 is 14.3 Å². The summed E-state index contributed by atoms with van der Waals surface area (Å²) in [6, 6.07) is 6.45. The van der Waals surface area contributed by atoms with Gasteiger partial charge < -0.3 is 15.8 Å². The molecule has 0 aliphatic carbocycles. The van der Waals surface area contributed by atoms with E-state index in [2.05, 4.69) is 15.5 Å². The molecule has 7 nitrogen and oxygen atoms in total. The highest BCUT2D eigenvalue weighted by Gasteiger charge is 2.10. The topological polar surface area (TPSA) is 107 Å². The Morgan fingerprint density at radius 3 is 2.52 bits per heavy atom. The standard InChI is InChI=1S/C15H18N4O3S/c1-9(2)15-19-18-13(23-15)7-17-14(21)10-3-5-11(6-4-10)22-8-12(16)20/h3-6,9H,7-8H2,1-2H3,(H2,16,20)(H,17,21). The highest BCUT2D eigenvalue weighted by atomic mass is 32.1. The molecule has 0 aliphatic heterocycles. The Morgan fingerprint density at radius 2 is 1.96 bits per heavy atom. The molecule has 0 unspecified atom stereocenters. The van der Waals surface area contributed by atoms with E-state index in [1.807, 2.05) is 13.8 Å². The molecule has 0 radical (unpaired) electrons. The molecular weight excluding hydrogens is 316 g/mol. The van der Waals surface area contributed by atoms with Crippen LogP contribution in [0.5, 0.6) is 5.75 Å². The van der Waals surface area contributed by atoms with Gasteiger partial charge in [0.1, 0.15) is 15.8 Å². The minimum Gasteiger partial charge on any atom is -0.484 e. The number of hydrogen-bond acceptors (Lipinski definition) is 6. The molecule has 0 saturated carbocycles. The molecular formula is C15H18N4O3S. The summed E-state index contributed by atoms with van der Waals surface area (Å²) in [6.45, 7) is 4.24. The molecule has 0 fully saturated rings. The molecule has 2 amide bonds. The highest BCUT2D eigenvalue weighted by molar-refractivity contribution is 7.11. The van der Waals surface area contributed by atoms with Gasteiger partial charge in [0.15, 0.2) is 6.61 Å². The van der Waals surface area contributed by atoms with Crippen LogP contribution in [0.2, 0.25) is 0 Å². The van der Waals surface area contributed by atoms with Gasteiger partial charge in [-0.1, -0.05) is 25.2 Å². The highest BCUT2D eigenvalue weighted by Crippen LogP contribution is 2.18. The van der Waals surface area contributed by atoms with Crippen molar-refractivity contribution >= 4 is 23.2 Å².